The average Bonchev–Trinajstić information content (AvgIpc) is 3.07. The summed E-state index contributed by atoms with van der Waals surface area (Å²) in [6.45, 7) is 0.529. The Morgan fingerprint density at radius 1 is 1.08 bits per heavy atom. The molecule has 1 aromatic heterocycles. The van der Waals surface area contributed by atoms with E-state index in [1.54, 1.807) is 11.9 Å². The lowest BCUT2D eigenvalue weighted by Crippen LogP contribution is -2.26. The molecule has 0 radical (unpaired) electrons. The van der Waals surface area contributed by atoms with Gasteiger partial charge in [-0.2, -0.15) is 0 Å². The fourth-order valence-electron chi connectivity index (χ4n) is 2.39. The Morgan fingerprint density at radius 3 is 2.33 bits per heavy atom. The summed E-state index contributed by atoms with van der Waals surface area (Å²) in [5.41, 5.74) is 2.29. The van der Waals surface area contributed by atoms with Crippen LogP contribution in [-0.2, 0) is 6.54 Å². The van der Waals surface area contributed by atoms with Crippen molar-refractivity contribution in [1.29, 1.82) is 0 Å². The minimum absolute atomic E-state index is 0.144. The van der Waals surface area contributed by atoms with Gasteiger partial charge in [-0.05, 0) is 24.0 Å². The largest absolute Gasteiger partial charge is 0.429 e. The second kappa shape index (κ2) is 7.36. The number of benzene rings is 2. The van der Waals surface area contributed by atoms with E-state index < -0.39 is 0 Å². The first-order valence-corrected chi connectivity index (χ1v) is 8.81. The van der Waals surface area contributed by atoms with Crippen LogP contribution < -0.4 is 0 Å². The van der Waals surface area contributed by atoms with Gasteiger partial charge in [-0.3, -0.25) is 4.79 Å². The summed E-state index contributed by atoms with van der Waals surface area (Å²) in [6.07, 6.45) is 1.88. The third kappa shape index (κ3) is 3.51. The molecule has 0 saturated carbocycles. The van der Waals surface area contributed by atoms with Gasteiger partial charge in [0.05, 0.1) is 0 Å². The minimum Gasteiger partial charge on any atom is -0.429 e. The summed E-state index contributed by atoms with van der Waals surface area (Å²) < 4.78 is 5.78. The van der Waals surface area contributed by atoms with E-state index >= 15 is 0 Å². The van der Waals surface area contributed by atoms with Gasteiger partial charge >= 0.3 is 0 Å². The van der Waals surface area contributed by atoms with Crippen LogP contribution in [0.2, 0.25) is 0 Å². The van der Waals surface area contributed by atoms with Gasteiger partial charge in [0.25, 0.3) is 5.91 Å². The number of carbonyl (C=O) groups excluding carboxylic acids is 1. The third-order valence-electron chi connectivity index (χ3n) is 3.61. The quantitative estimate of drug-likeness (QED) is 0.649. The summed E-state index contributed by atoms with van der Waals surface area (Å²) >= 11 is 1.39. The van der Waals surface area contributed by atoms with Gasteiger partial charge in [-0.25, -0.2) is 4.98 Å². The van der Waals surface area contributed by atoms with Crippen molar-refractivity contribution in [2.45, 2.75) is 11.6 Å². The number of carbonyl (C=O) groups is 1. The van der Waals surface area contributed by atoms with Crippen LogP contribution in [0.5, 0.6) is 0 Å². The van der Waals surface area contributed by atoms with Gasteiger partial charge in [-0.1, -0.05) is 60.3 Å². The first kappa shape index (κ1) is 16.3. The van der Waals surface area contributed by atoms with Crippen molar-refractivity contribution in [1.82, 2.24) is 9.88 Å². The highest BCUT2D eigenvalue weighted by Gasteiger charge is 2.23. The molecule has 1 amide bonds. The van der Waals surface area contributed by atoms with E-state index in [1.165, 1.54) is 11.8 Å². The van der Waals surface area contributed by atoms with Crippen molar-refractivity contribution < 1.29 is 9.21 Å². The summed E-state index contributed by atoms with van der Waals surface area (Å²) in [6, 6.07) is 19.5. The molecule has 0 spiro atoms. The lowest BCUT2D eigenvalue weighted by Gasteiger charge is -2.16. The SMILES string of the molecule is CSc1oc(-c2ccccc2)nc1C(=O)N(C)Cc1ccccc1. The molecule has 0 atom stereocenters. The molecule has 0 unspecified atom stereocenters. The molecule has 0 aliphatic heterocycles. The lowest BCUT2D eigenvalue weighted by atomic mass is 10.2. The van der Waals surface area contributed by atoms with Crippen LogP contribution in [0.3, 0.4) is 0 Å². The van der Waals surface area contributed by atoms with Gasteiger partial charge in [0.2, 0.25) is 5.89 Å². The van der Waals surface area contributed by atoms with Gasteiger partial charge < -0.3 is 9.32 Å². The highest BCUT2D eigenvalue weighted by atomic mass is 32.2. The smallest absolute Gasteiger partial charge is 0.277 e. The van der Waals surface area contributed by atoms with E-state index in [1.807, 2.05) is 66.9 Å². The Morgan fingerprint density at radius 2 is 1.71 bits per heavy atom. The molecule has 122 valence electrons. The number of thioether (sulfide) groups is 1. The summed E-state index contributed by atoms with van der Waals surface area (Å²) in [7, 11) is 1.77. The van der Waals surface area contributed by atoms with Crippen molar-refractivity contribution in [2.24, 2.45) is 0 Å². The Kier molecular flexibility index (Phi) is 5.01. The van der Waals surface area contributed by atoms with E-state index in [0.29, 0.717) is 23.2 Å². The van der Waals surface area contributed by atoms with E-state index in [4.69, 9.17) is 4.42 Å². The maximum atomic E-state index is 12.8. The first-order valence-electron chi connectivity index (χ1n) is 7.58. The highest BCUT2D eigenvalue weighted by molar-refractivity contribution is 7.98. The molecule has 5 heteroatoms. The van der Waals surface area contributed by atoms with E-state index in [0.717, 1.165) is 11.1 Å². The van der Waals surface area contributed by atoms with Crippen LogP contribution in [0.4, 0.5) is 0 Å². The number of hydrogen-bond acceptors (Lipinski definition) is 4. The minimum atomic E-state index is -0.144. The number of rotatable bonds is 5. The zero-order valence-electron chi connectivity index (χ0n) is 13.6. The highest BCUT2D eigenvalue weighted by Crippen LogP contribution is 2.28. The molecule has 4 nitrogen and oxygen atoms in total. The molecule has 0 bridgehead atoms. The molecule has 3 rings (SSSR count). The molecular weight excluding hydrogens is 320 g/mol. The van der Waals surface area contributed by atoms with E-state index in [9.17, 15) is 4.79 Å². The van der Waals surface area contributed by atoms with Gasteiger partial charge in [0.15, 0.2) is 10.8 Å². The normalized spacial score (nSPS) is 10.6. The molecular formula is C19H18N2O2S. The summed E-state index contributed by atoms with van der Waals surface area (Å²) in [5, 5.41) is 0.541. The van der Waals surface area contributed by atoms with Crippen LogP contribution in [-0.4, -0.2) is 29.1 Å². The van der Waals surface area contributed by atoms with Crippen molar-refractivity contribution in [2.75, 3.05) is 13.3 Å². The second-order valence-corrected chi connectivity index (χ2v) is 6.15. The molecule has 24 heavy (non-hydrogen) atoms. The molecule has 1 heterocycles. The van der Waals surface area contributed by atoms with Crippen molar-refractivity contribution in [3.63, 3.8) is 0 Å². The third-order valence-corrected chi connectivity index (χ3v) is 4.26. The lowest BCUT2D eigenvalue weighted by molar-refractivity contribution is 0.0774. The monoisotopic (exact) mass is 338 g/mol. The number of oxazole rings is 1. The van der Waals surface area contributed by atoms with Crippen LogP contribution in [0.25, 0.3) is 11.5 Å². The van der Waals surface area contributed by atoms with E-state index in [2.05, 4.69) is 4.98 Å². The fraction of sp³-hybridized carbons (Fsp3) is 0.158. The molecule has 0 aliphatic carbocycles. The van der Waals surface area contributed by atoms with Crippen LogP contribution in [0.15, 0.2) is 70.2 Å². The Labute approximate surface area is 145 Å². The summed E-state index contributed by atoms with van der Waals surface area (Å²) in [5.74, 6) is 0.325. The predicted molar refractivity (Wildman–Crippen MR) is 96.0 cm³/mol. The fourth-order valence-corrected chi connectivity index (χ4v) is 2.88. The van der Waals surface area contributed by atoms with E-state index in [-0.39, 0.29) is 5.91 Å². The molecule has 0 saturated heterocycles. The number of nitrogens with zero attached hydrogens (tertiary/aromatic N) is 2. The Balaban J connectivity index is 1.85. The van der Waals surface area contributed by atoms with Crippen molar-refractivity contribution >= 4 is 17.7 Å². The molecule has 0 fully saturated rings. The average molecular weight is 338 g/mol. The standard InChI is InChI=1S/C19H18N2O2S/c1-21(13-14-9-5-3-6-10-14)18(22)16-19(24-2)23-17(20-16)15-11-7-4-8-12-15/h3-12H,13H2,1-2H3. The number of amides is 1. The maximum Gasteiger partial charge on any atom is 0.277 e. The van der Waals surface area contributed by atoms with Gasteiger partial charge in [-0.15, -0.1) is 0 Å². The Hall–Kier alpha value is -2.53. The molecule has 0 aliphatic rings. The number of aromatic nitrogens is 1. The van der Waals surface area contributed by atoms with Gasteiger partial charge in [0.1, 0.15) is 0 Å². The van der Waals surface area contributed by atoms with Crippen molar-refractivity contribution in [3.05, 3.63) is 71.9 Å². The molecule has 2 aromatic carbocycles. The Bertz CT molecular complexity index is 816. The van der Waals surface area contributed by atoms with Crippen LogP contribution >= 0.6 is 11.8 Å². The van der Waals surface area contributed by atoms with Crippen molar-refractivity contribution in [3.8, 4) is 11.5 Å². The zero-order chi connectivity index (χ0) is 16.9. The molecule has 3 aromatic rings. The van der Waals surface area contributed by atoms with Crippen LogP contribution in [0.1, 0.15) is 16.1 Å². The van der Waals surface area contributed by atoms with Gasteiger partial charge in [0, 0.05) is 19.2 Å². The maximum absolute atomic E-state index is 12.8. The zero-order valence-corrected chi connectivity index (χ0v) is 14.4. The summed E-state index contributed by atoms with van der Waals surface area (Å²) in [4.78, 5) is 18.9. The molecule has 0 N–H and O–H groups in total. The predicted octanol–water partition coefficient (Wildman–Crippen LogP) is 4.34. The number of hydrogen-bond donors (Lipinski definition) is 0. The van der Waals surface area contributed by atoms with Crippen LogP contribution in [0, 0.1) is 0 Å². The first-order chi connectivity index (χ1) is 11.7. The topological polar surface area (TPSA) is 46.3 Å². The second-order valence-electron chi connectivity index (χ2n) is 5.37.